The first kappa shape index (κ1) is 14.8. The van der Waals surface area contributed by atoms with Crippen molar-refractivity contribution in [2.24, 2.45) is 5.92 Å². The highest BCUT2D eigenvalue weighted by Gasteiger charge is 2.23. The number of nitrogens with one attached hydrogen (secondary N) is 1. The van der Waals surface area contributed by atoms with Crippen LogP contribution in [0.2, 0.25) is 0 Å². The topological polar surface area (TPSA) is 58.4 Å². The number of benzene rings is 1. The molecule has 0 bridgehead atoms. The Morgan fingerprint density at radius 1 is 1.55 bits per heavy atom. The molecule has 1 aliphatic heterocycles. The van der Waals surface area contributed by atoms with E-state index in [9.17, 15) is 10.1 Å². The lowest BCUT2D eigenvalue weighted by atomic mass is 9.91. The third-order valence-electron chi connectivity index (χ3n) is 4.15. The van der Waals surface area contributed by atoms with Crippen LogP contribution in [0.3, 0.4) is 0 Å². The molecular weight excluding hydrogens is 254 g/mol. The molecule has 0 spiro atoms. The maximum atomic E-state index is 10.8. The Bertz CT molecular complexity index is 464. The van der Waals surface area contributed by atoms with Gasteiger partial charge < -0.3 is 10.2 Å². The van der Waals surface area contributed by atoms with Crippen molar-refractivity contribution in [3.05, 3.63) is 34.4 Å². The van der Waals surface area contributed by atoms with E-state index in [2.05, 4.69) is 24.1 Å². The summed E-state index contributed by atoms with van der Waals surface area (Å²) in [5.74, 6) is 0.600. The number of hydrogen-bond acceptors (Lipinski definition) is 4. The Morgan fingerprint density at radius 3 is 3.05 bits per heavy atom. The average Bonchev–Trinajstić information content (AvgIpc) is 2.47. The summed E-state index contributed by atoms with van der Waals surface area (Å²) in [4.78, 5) is 12.9. The molecule has 1 N–H and O–H groups in total. The molecule has 2 rings (SSSR count). The van der Waals surface area contributed by atoms with Crippen LogP contribution in [0.15, 0.2) is 24.3 Å². The fourth-order valence-corrected chi connectivity index (χ4v) is 2.88. The maximum absolute atomic E-state index is 10.8. The number of hydrogen-bond donors (Lipinski definition) is 1. The second-order valence-electron chi connectivity index (χ2n) is 5.54. The molecule has 0 amide bonds. The van der Waals surface area contributed by atoms with Gasteiger partial charge in [-0.25, -0.2) is 0 Å². The highest BCUT2D eigenvalue weighted by Crippen LogP contribution is 2.24. The number of non-ortho nitro benzene ring substituents is 1. The maximum Gasteiger partial charge on any atom is 0.271 e. The Balaban J connectivity index is 1.98. The third-order valence-corrected chi connectivity index (χ3v) is 4.15. The van der Waals surface area contributed by atoms with Crippen LogP contribution in [0.25, 0.3) is 0 Å². The van der Waals surface area contributed by atoms with Crippen LogP contribution in [0, 0.1) is 16.0 Å². The van der Waals surface area contributed by atoms with Gasteiger partial charge in [-0.2, -0.15) is 0 Å². The zero-order chi connectivity index (χ0) is 14.5. The summed E-state index contributed by atoms with van der Waals surface area (Å²) in [6, 6.07) is 7.08. The standard InChI is InChI=1S/C15H23N3O2/c1-3-17-9-5-6-13(11-17)12(2)16-14-7-4-8-15(10-14)18(19)20/h4,7-8,10,12-13,16H,3,5-6,9,11H2,1-2H3. The first-order valence-electron chi connectivity index (χ1n) is 7.33. The van der Waals surface area contributed by atoms with Crippen molar-refractivity contribution in [2.75, 3.05) is 25.0 Å². The van der Waals surface area contributed by atoms with Crippen LogP contribution < -0.4 is 5.32 Å². The Labute approximate surface area is 120 Å². The summed E-state index contributed by atoms with van der Waals surface area (Å²) in [6.45, 7) is 7.76. The van der Waals surface area contributed by atoms with Gasteiger partial charge in [0, 0.05) is 30.4 Å². The van der Waals surface area contributed by atoms with Gasteiger partial charge in [0.05, 0.1) is 4.92 Å². The first-order valence-corrected chi connectivity index (χ1v) is 7.33. The Morgan fingerprint density at radius 2 is 2.35 bits per heavy atom. The molecule has 1 saturated heterocycles. The van der Waals surface area contributed by atoms with E-state index in [1.165, 1.54) is 25.5 Å². The Kier molecular flexibility index (Phi) is 4.95. The molecule has 0 aliphatic carbocycles. The summed E-state index contributed by atoms with van der Waals surface area (Å²) >= 11 is 0. The second kappa shape index (κ2) is 6.70. The number of piperidine rings is 1. The quantitative estimate of drug-likeness (QED) is 0.663. The molecule has 1 fully saturated rings. The summed E-state index contributed by atoms with van der Waals surface area (Å²) in [5, 5.41) is 14.2. The molecular formula is C15H23N3O2. The molecule has 1 aliphatic rings. The van der Waals surface area contributed by atoms with Crippen LogP contribution in [-0.2, 0) is 0 Å². The van der Waals surface area contributed by atoms with Gasteiger partial charge in [-0.15, -0.1) is 0 Å². The van der Waals surface area contributed by atoms with Crippen molar-refractivity contribution >= 4 is 11.4 Å². The van der Waals surface area contributed by atoms with Gasteiger partial charge in [-0.1, -0.05) is 13.0 Å². The van der Waals surface area contributed by atoms with Crippen LogP contribution in [0.1, 0.15) is 26.7 Å². The van der Waals surface area contributed by atoms with Gasteiger partial charge in [-0.05, 0) is 44.8 Å². The molecule has 1 aromatic rings. The number of nitro groups is 1. The van der Waals surface area contributed by atoms with Gasteiger partial charge in [0.15, 0.2) is 0 Å². The summed E-state index contributed by atoms with van der Waals surface area (Å²) in [5.41, 5.74) is 0.973. The fourth-order valence-electron chi connectivity index (χ4n) is 2.88. The normalized spacial score (nSPS) is 21.4. The van der Waals surface area contributed by atoms with Crippen LogP contribution in [-0.4, -0.2) is 35.5 Å². The SMILES string of the molecule is CCN1CCCC(C(C)Nc2cccc([N+](=O)[O-])c2)C1. The van der Waals surface area contributed by atoms with E-state index in [1.54, 1.807) is 12.1 Å². The van der Waals surface area contributed by atoms with Crippen LogP contribution >= 0.6 is 0 Å². The molecule has 20 heavy (non-hydrogen) atoms. The third kappa shape index (κ3) is 3.70. The minimum absolute atomic E-state index is 0.140. The summed E-state index contributed by atoms with van der Waals surface area (Å²) in [6.07, 6.45) is 2.46. The molecule has 2 unspecified atom stereocenters. The van der Waals surface area contributed by atoms with Crippen LogP contribution in [0.4, 0.5) is 11.4 Å². The van der Waals surface area contributed by atoms with Gasteiger partial charge in [0.25, 0.3) is 5.69 Å². The van der Waals surface area contributed by atoms with Crippen molar-refractivity contribution in [3.63, 3.8) is 0 Å². The van der Waals surface area contributed by atoms with Gasteiger partial charge >= 0.3 is 0 Å². The molecule has 0 aromatic heterocycles. The summed E-state index contributed by atoms with van der Waals surface area (Å²) in [7, 11) is 0. The zero-order valence-corrected chi connectivity index (χ0v) is 12.2. The largest absolute Gasteiger partial charge is 0.382 e. The molecule has 110 valence electrons. The second-order valence-corrected chi connectivity index (χ2v) is 5.54. The van der Waals surface area contributed by atoms with E-state index in [0.717, 1.165) is 18.8 Å². The highest BCUT2D eigenvalue weighted by atomic mass is 16.6. The number of likely N-dealkylation sites (tertiary alicyclic amines) is 1. The number of nitro benzene ring substituents is 1. The lowest BCUT2D eigenvalue weighted by Crippen LogP contribution is -2.41. The van der Waals surface area contributed by atoms with E-state index in [1.807, 2.05) is 6.07 Å². The average molecular weight is 277 g/mol. The van der Waals surface area contributed by atoms with E-state index < -0.39 is 0 Å². The molecule has 1 aromatic carbocycles. The zero-order valence-electron chi connectivity index (χ0n) is 12.2. The van der Waals surface area contributed by atoms with Crippen molar-refractivity contribution in [1.82, 2.24) is 4.90 Å². The molecule has 2 atom stereocenters. The smallest absolute Gasteiger partial charge is 0.271 e. The molecule has 5 nitrogen and oxygen atoms in total. The predicted molar refractivity (Wildman–Crippen MR) is 81.0 cm³/mol. The molecule has 1 heterocycles. The first-order chi connectivity index (χ1) is 9.60. The van der Waals surface area contributed by atoms with E-state index in [0.29, 0.717) is 12.0 Å². The van der Waals surface area contributed by atoms with Crippen molar-refractivity contribution < 1.29 is 4.92 Å². The van der Waals surface area contributed by atoms with Crippen molar-refractivity contribution in [1.29, 1.82) is 0 Å². The van der Waals surface area contributed by atoms with E-state index in [-0.39, 0.29) is 10.6 Å². The van der Waals surface area contributed by atoms with Crippen LogP contribution in [0.5, 0.6) is 0 Å². The Hall–Kier alpha value is -1.62. The molecule has 0 saturated carbocycles. The number of anilines is 1. The molecule has 5 heteroatoms. The van der Waals surface area contributed by atoms with Crippen molar-refractivity contribution in [3.8, 4) is 0 Å². The van der Waals surface area contributed by atoms with E-state index >= 15 is 0 Å². The summed E-state index contributed by atoms with van der Waals surface area (Å²) < 4.78 is 0. The van der Waals surface area contributed by atoms with Crippen molar-refractivity contribution in [2.45, 2.75) is 32.7 Å². The highest BCUT2D eigenvalue weighted by molar-refractivity contribution is 5.51. The van der Waals surface area contributed by atoms with Gasteiger partial charge in [0.1, 0.15) is 0 Å². The predicted octanol–water partition coefficient (Wildman–Crippen LogP) is 3.13. The number of rotatable bonds is 5. The van der Waals surface area contributed by atoms with Gasteiger partial charge in [-0.3, -0.25) is 10.1 Å². The minimum Gasteiger partial charge on any atom is -0.382 e. The lowest BCUT2D eigenvalue weighted by Gasteiger charge is -2.35. The lowest BCUT2D eigenvalue weighted by molar-refractivity contribution is -0.384. The monoisotopic (exact) mass is 277 g/mol. The molecule has 0 radical (unpaired) electrons. The minimum atomic E-state index is -0.352. The van der Waals surface area contributed by atoms with E-state index in [4.69, 9.17) is 0 Å². The fraction of sp³-hybridized carbons (Fsp3) is 0.600. The number of nitrogens with zero attached hydrogens (tertiary/aromatic N) is 2. The van der Waals surface area contributed by atoms with Gasteiger partial charge in [0.2, 0.25) is 0 Å².